The Hall–Kier alpha value is -3.18. The molecule has 0 unspecified atom stereocenters. The number of hydrogen-bond acceptors (Lipinski definition) is 7. The van der Waals surface area contributed by atoms with E-state index < -0.39 is 26.9 Å². The Labute approximate surface area is 199 Å². The summed E-state index contributed by atoms with van der Waals surface area (Å²) in [6, 6.07) is 3.62. The molecule has 0 aromatic heterocycles. The second-order valence-corrected chi connectivity index (χ2v) is 9.72. The van der Waals surface area contributed by atoms with Crippen LogP contribution in [0.4, 0.5) is 5.69 Å². The zero-order chi connectivity index (χ0) is 25.8. The molecule has 2 aromatic rings. The average molecular weight is 494 g/mol. The Bertz CT molecular complexity index is 1180. The van der Waals surface area contributed by atoms with Crippen molar-refractivity contribution in [3.63, 3.8) is 0 Å². The van der Waals surface area contributed by atoms with Gasteiger partial charge in [-0.2, -0.15) is 4.72 Å². The zero-order valence-corrected chi connectivity index (χ0v) is 21.3. The maximum Gasteiger partial charge on any atom is 0.276 e. The molecule has 34 heavy (non-hydrogen) atoms. The normalized spacial score (nSPS) is 12.2. The average Bonchev–Trinajstić information content (AvgIpc) is 2.76. The Kier molecular flexibility index (Phi) is 8.62. The first-order valence-electron chi connectivity index (χ1n) is 10.6. The fraction of sp³-hybridized carbons (Fsp3) is 0.435. The van der Waals surface area contributed by atoms with Gasteiger partial charge in [0.25, 0.3) is 5.69 Å². The van der Waals surface area contributed by atoms with Crippen molar-refractivity contribution in [1.29, 1.82) is 0 Å². The first-order chi connectivity index (χ1) is 15.8. The van der Waals surface area contributed by atoms with Crippen LogP contribution in [0.3, 0.4) is 0 Å². The molecule has 2 aromatic carbocycles. The predicted molar refractivity (Wildman–Crippen MR) is 128 cm³/mol. The summed E-state index contributed by atoms with van der Waals surface area (Å²) in [5.41, 5.74) is 3.13. The van der Waals surface area contributed by atoms with Gasteiger partial charge < -0.3 is 14.8 Å². The molecule has 0 aliphatic carbocycles. The van der Waals surface area contributed by atoms with Gasteiger partial charge in [0.15, 0.2) is 11.5 Å². The van der Waals surface area contributed by atoms with E-state index in [2.05, 4.69) is 10.0 Å². The van der Waals surface area contributed by atoms with Crippen LogP contribution in [0, 0.1) is 37.8 Å². The van der Waals surface area contributed by atoms with E-state index in [9.17, 15) is 23.3 Å². The molecule has 1 amide bonds. The number of benzene rings is 2. The third-order valence-corrected chi connectivity index (χ3v) is 7.58. The highest BCUT2D eigenvalue weighted by Crippen LogP contribution is 2.34. The van der Waals surface area contributed by atoms with Crippen LogP contribution in [-0.2, 0) is 21.2 Å². The number of methoxy groups -OCH3 is 2. The molecule has 0 aliphatic heterocycles. The summed E-state index contributed by atoms with van der Waals surface area (Å²) in [5.74, 6) is 0.00288. The Morgan fingerprint density at radius 1 is 1.03 bits per heavy atom. The van der Waals surface area contributed by atoms with Crippen molar-refractivity contribution >= 4 is 21.6 Å². The number of hydrogen-bond donors (Lipinski definition) is 2. The lowest BCUT2D eigenvalue weighted by molar-refractivity contribution is -0.385. The van der Waals surface area contributed by atoms with Gasteiger partial charge in [-0.15, -0.1) is 0 Å². The molecule has 0 saturated heterocycles. The lowest BCUT2D eigenvalue weighted by atomic mass is 10.0. The Morgan fingerprint density at radius 3 is 2.06 bits per heavy atom. The molecule has 0 spiro atoms. The number of rotatable bonds is 10. The van der Waals surface area contributed by atoms with Gasteiger partial charge >= 0.3 is 0 Å². The van der Waals surface area contributed by atoms with Crippen molar-refractivity contribution in [2.45, 2.75) is 52.0 Å². The summed E-state index contributed by atoms with van der Waals surface area (Å²) in [6.45, 7) is 8.64. The number of carbonyl (C=O) groups excluding carboxylic acids is 1. The summed E-state index contributed by atoms with van der Waals surface area (Å²) in [4.78, 5) is 23.6. The van der Waals surface area contributed by atoms with Crippen LogP contribution in [0.15, 0.2) is 23.1 Å². The van der Waals surface area contributed by atoms with Crippen LogP contribution in [0.5, 0.6) is 11.5 Å². The summed E-state index contributed by atoms with van der Waals surface area (Å²) in [6.07, 6.45) is 0.136. The largest absolute Gasteiger partial charge is 0.493 e. The quantitative estimate of drug-likeness (QED) is 0.383. The van der Waals surface area contributed by atoms with Crippen LogP contribution < -0.4 is 19.5 Å². The lowest BCUT2D eigenvalue weighted by Crippen LogP contribution is -2.45. The maximum absolute atomic E-state index is 13.0. The lowest BCUT2D eigenvalue weighted by Gasteiger charge is -2.19. The number of aryl methyl sites for hydroxylation is 2. The first kappa shape index (κ1) is 27.1. The molecule has 0 fully saturated rings. The summed E-state index contributed by atoms with van der Waals surface area (Å²) in [5, 5.41) is 14.1. The molecule has 0 saturated carbocycles. The molecule has 0 bridgehead atoms. The fourth-order valence-electron chi connectivity index (χ4n) is 3.68. The van der Waals surface area contributed by atoms with E-state index in [1.165, 1.54) is 33.3 Å². The van der Waals surface area contributed by atoms with Crippen molar-refractivity contribution in [1.82, 2.24) is 10.0 Å². The van der Waals surface area contributed by atoms with Gasteiger partial charge in [-0.05, 0) is 69.4 Å². The maximum atomic E-state index is 13.0. The summed E-state index contributed by atoms with van der Waals surface area (Å²) >= 11 is 0. The SMILES string of the molecule is COc1cc(CCNC(=O)[C@H](C)NS(=O)(=O)c2c(C)c(C)cc(C)c2C)c([N+](=O)[O-])cc1OC. The molecule has 186 valence electrons. The van der Waals surface area contributed by atoms with E-state index in [1.54, 1.807) is 13.8 Å². The number of ether oxygens (including phenoxy) is 2. The van der Waals surface area contributed by atoms with E-state index in [0.29, 0.717) is 22.4 Å². The van der Waals surface area contributed by atoms with Gasteiger partial charge in [0.05, 0.1) is 36.1 Å². The van der Waals surface area contributed by atoms with E-state index in [4.69, 9.17) is 9.47 Å². The number of nitrogens with one attached hydrogen (secondary N) is 2. The molecular formula is C23H31N3O7S. The molecular weight excluding hydrogens is 462 g/mol. The number of nitro benzene ring substituents is 1. The monoisotopic (exact) mass is 493 g/mol. The molecule has 1 atom stereocenters. The van der Waals surface area contributed by atoms with Crippen LogP contribution >= 0.6 is 0 Å². The highest BCUT2D eigenvalue weighted by molar-refractivity contribution is 7.89. The summed E-state index contributed by atoms with van der Waals surface area (Å²) < 4.78 is 38.8. The standard InChI is InChI=1S/C23H31N3O7S/c1-13-10-14(2)16(4)22(15(13)3)34(30,31)25-17(5)23(27)24-9-8-18-11-20(32-6)21(33-7)12-19(18)26(28)29/h10-12,17,25H,8-9H2,1-7H3,(H,24,27)/t17-/m0/s1. The molecule has 10 nitrogen and oxygen atoms in total. The van der Waals surface area contributed by atoms with Gasteiger partial charge in [0, 0.05) is 12.1 Å². The van der Waals surface area contributed by atoms with Gasteiger partial charge in [-0.25, -0.2) is 8.42 Å². The minimum absolute atomic E-state index is 0.0584. The predicted octanol–water partition coefficient (Wildman–Crippen LogP) is 2.87. The number of nitro groups is 1. The molecule has 0 heterocycles. The Morgan fingerprint density at radius 2 is 1.56 bits per heavy atom. The second kappa shape index (κ2) is 10.8. The van der Waals surface area contributed by atoms with E-state index in [1.807, 2.05) is 19.9 Å². The van der Waals surface area contributed by atoms with Crippen molar-refractivity contribution in [3.8, 4) is 11.5 Å². The van der Waals surface area contributed by atoms with Crippen molar-refractivity contribution in [2.75, 3.05) is 20.8 Å². The summed E-state index contributed by atoms with van der Waals surface area (Å²) in [7, 11) is -1.15. The fourth-order valence-corrected chi connectivity index (χ4v) is 5.50. The molecule has 11 heteroatoms. The highest BCUT2D eigenvalue weighted by atomic mass is 32.2. The third-order valence-electron chi connectivity index (χ3n) is 5.77. The molecule has 2 N–H and O–H groups in total. The molecule has 0 radical (unpaired) electrons. The van der Waals surface area contributed by atoms with Gasteiger partial charge in [-0.3, -0.25) is 14.9 Å². The van der Waals surface area contributed by atoms with Gasteiger partial charge in [0.1, 0.15) is 0 Å². The zero-order valence-electron chi connectivity index (χ0n) is 20.4. The minimum Gasteiger partial charge on any atom is -0.493 e. The van der Waals surface area contributed by atoms with Gasteiger partial charge in [-0.1, -0.05) is 6.07 Å². The number of amides is 1. The van der Waals surface area contributed by atoms with Crippen molar-refractivity contribution < 1.29 is 27.6 Å². The van der Waals surface area contributed by atoms with Crippen molar-refractivity contribution in [2.24, 2.45) is 0 Å². The number of nitrogens with zero attached hydrogens (tertiary/aromatic N) is 1. The number of sulfonamides is 1. The Balaban J connectivity index is 2.13. The first-order valence-corrected chi connectivity index (χ1v) is 12.1. The van der Waals surface area contributed by atoms with Crippen LogP contribution in [0.1, 0.15) is 34.7 Å². The minimum atomic E-state index is -3.95. The third kappa shape index (κ3) is 5.84. The highest BCUT2D eigenvalue weighted by Gasteiger charge is 2.27. The number of carbonyl (C=O) groups is 1. The topological polar surface area (TPSA) is 137 Å². The smallest absolute Gasteiger partial charge is 0.276 e. The van der Waals surface area contributed by atoms with E-state index in [0.717, 1.165) is 11.1 Å². The second-order valence-electron chi connectivity index (χ2n) is 8.07. The van der Waals surface area contributed by atoms with E-state index >= 15 is 0 Å². The van der Waals surface area contributed by atoms with Crippen LogP contribution in [0.2, 0.25) is 0 Å². The van der Waals surface area contributed by atoms with Crippen molar-refractivity contribution in [3.05, 3.63) is 56.1 Å². The van der Waals surface area contributed by atoms with Crippen LogP contribution in [-0.4, -0.2) is 46.1 Å². The van der Waals surface area contributed by atoms with E-state index in [-0.39, 0.29) is 29.3 Å². The molecule has 2 rings (SSSR count). The molecule has 0 aliphatic rings. The van der Waals surface area contributed by atoms with Gasteiger partial charge in [0.2, 0.25) is 15.9 Å². The van der Waals surface area contributed by atoms with Crippen LogP contribution in [0.25, 0.3) is 0 Å².